The average Bonchev–Trinajstić information content (AvgIpc) is 4.00. The monoisotopic (exact) mass is 908 g/mol. The highest BCUT2D eigenvalue weighted by molar-refractivity contribution is 6.09. The first-order valence-corrected chi connectivity index (χ1v) is 23.9. The topological polar surface area (TPSA) is 35.9 Å². The number of hydrogen-bond donors (Lipinski definition) is 0. The van der Waals surface area contributed by atoms with Crippen molar-refractivity contribution in [2.45, 2.75) is 0 Å². The van der Waals surface area contributed by atoms with E-state index in [1.165, 1.54) is 0 Å². The molecule has 0 spiro atoms. The number of rotatable bonds is 10. The fraction of sp³-hybridized carbons (Fsp3) is 0. The van der Waals surface area contributed by atoms with E-state index < -0.39 is 0 Å². The number of para-hydroxylation sites is 4. The van der Waals surface area contributed by atoms with E-state index in [1.807, 2.05) is 24.4 Å². The third-order valence-corrected chi connectivity index (χ3v) is 13.4. The van der Waals surface area contributed by atoms with E-state index in [1.54, 1.807) is 0 Å². The van der Waals surface area contributed by atoms with Crippen LogP contribution in [0.3, 0.4) is 0 Å². The summed E-state index contributed by atoms with van der Waals surface area (Å²) in [6.07, 6.45) is 5.76. The van der Waals surface area contributed by atoms with Crippen LogP contribution < -0.4 is 9.30 Å². The van der Waals surface area contributed by atoms with Crippen LogP contribution in [-0.2, 0) is 0 Å². The molecule has 3 heterocycles. The molecule has 5 nitrogen and oxygen atoms in total. The Morgan fingerprint density at radius 1 is 0.366 bits per heavy atom. The summed E-state index contributed by atoms with van der Waals surface area (Å²) in [6.45, 7) is 0. The third-order valence-electron chi connectivity index (χ3n) is 13.4. The number of ether oxygens (including phenoxy) is 1. The number of fused-ring (bicyclic) bond motifs is 4. The molecule has 13 rings (SSSR count). The Kier molecular flexibility index (Phi) is 10.4. The van der Waals surface area contributed by atoms with E-state index in [9.17, 15) is 0 Å². The molecule has 0 radical (unpaired) electrons. The molecule has 0 bridgehead atoms. The van der Waals surface area contributed by atoms with Crippen molar-refractivity contribution < 1.29 is 9.30 Å². The predicted octanol–water partition coefficient (Wildman–Crippen LogP) is 16.3. The van der Waals surface area contributed by atoms with Crippen molar-refractivity contribution >= 4 is 32.8 Å². The lowest BCUT2D eigenvalue weighted by Crippen LogP contribution is -2.31. The van der Waals surface area contributed by atoms with Crippen molar-refractivity contribution in [2.24, 2.45) is 0 Å². The van der Waals surface area contributed by atoms with Crippen molar-refractivity contribution in [1.29, 1.82) is 0 Å². The minimum absolute atomic E-state index is 0.691. The molecule has 0 saturated heterocycles. The zero-order chi connectivity index (χ0) is 47.1. The van der Waals surface area contributed by atoms with Gasteiger partial charge in [0.25, 0.3) is 6.33 Å². The molecule has 0 aliphatic rings. The van der Waals surface area contributed by atoms with Gasteiger partial charge in [-0.25, -0.2) is 4.98 Å². The molecule has 13 aromatic rings. The van der Waals surface area contributed by atoms with Crippen LogP contribution in [0.4, 0.5) is 0 Å². The molecule has 0 atom stereocenters. The largest absolute Gasteiger partial charge is 0.458 e. The van der Waals surface area contributed by atoms with Crippen LogP contribution in [0, 0.1) is 6.33 Å². The lowest BCUT2D eigenvalue weighted by Gasteiger charge is -2.17. The quantitative estimate of drug-likeness (QED) is 0.101. The zero-order valence-corrected chi connectivity index (χ0v) is 38.6. The van der Waals surface area contributed by atoms with Gasteiger partial charge in [0.05, 0.1) is 33.4 Å². The Hall–Kier alpha value is -9.58. The molecular weight excluding hydrogens is 865 g/mol. The molecule has 0 amide bonds. The molecule has 0 unspecified atom stereocenters. The Morgan fingerprint density at radius 3 is 1.54 bits per heavy atom. The lowest BCUT2D eigenvalue weighted by atomic mass is 9.93. The highest BCUT2D eigenvalue weighted by Gasteiger charge is 2.21. The molecule has 0 aliphatic heterocycles. The van der Waals surface area contributed by atoms with Gasteiger partial charge in [0.1, 0.15) is 17.3 Å². The smallest absolute Gasteiger partial charge is 0.269 e. The second-order valence-electron chi connectivity index (χ2n) is 17.8. The molecular formula is C66H44N4O. The summed E-state index contributed by atoms with van der Waals surface area (Å²) in [5.41, 5.74) is 17.2. The van der Waals surface area contributed by atoms with Crippen LogP contribution in [0.15, 0.2) is 267 Å². The zero-order valence-electron chi connectivity index (χ0n) is 38.6. The van der Waals surface area contributed by atoms with Crippen LogP contribution in [0.1, 0.15) is 0 Å². The molecule has 3 aromatic heterocycles. The first-order valence-electron chi connectivity index (χ1n) is 23.9. The first kappa shape index (κ1) is 41.6. The Morgan fingerprint density at radius 2 is 0.901 bits per heavy atom. The highest BCUT2D eigenvalue weighted by atomic mass is 16.5. The summed E-state index contributed by atoms with van der Waals surface area (Å²) < 4.78 is 13.8. The standard InChI is InChI=1S/C66H44N4O/c1-5-20-46(21-6-1)50-38-51(47-22-7-2-8-23-47)40-52(39-50)53-41-54(43-56(42-53)71-55-35-36-60-59-28-13-14-31-61(59)70(64(60)44-55)65-34-17-18-37-67-65)68-45-69(63-33-16-15-32-62(63)68)66-57(48-24-9-3-10-25-48)29-19-30-58(66)49-26-11-4-12-27-49/h1-44H. The molecule has 0 fully saturated rings. The molecule has 0 saturated carbocycles. The second kappa shape index (κ2) is 17.8. The predicted molar refractivity (Wildman–Crippen MR) is 289 cm³/mol. The molecule has 334 valence electrons. The lowest BCUT2D eigenvalue weighted by molar-refractivity contribution is -0.571. The molecule has 10 aromatic carbocycles. The van der Waals surface area contributed by atoms with E-state index in [0.717, 1.165) is 106 Å². The Labute approximate surface area is 412 Å². The molecule has 71 heavy (non-hydrogen) atoms. The highest BCUT2D eigenvalue weighted by Crippen LogP contribution is 2.40. The summed E-state index contributed by atoms with van der Waals surface area (Å²) in [5.74, 6) is 2.25. The van der Waals surface area contributed by atoms with Gasteiger partial charge in [-0.05, 0) is 122 Å². The summed E-state index contributed by atoms with van der Waals surface area (Å²) in [7, 11) is 0. The first-order chi connectivity index (χ1) is 35.2. The normalized spacial score (nSPS) is 11.4. The van der Waals surface area contributed by atoms with Crippen molar-refractivity contribution in [3.05, 3.63) is 273 Å². The van der Waals surface area contributed by atoms with Crippen LogP contribution >= 0.6 is 0 Å². The second-order valence-corrected chi connectivity index (χ2v) is 17.8. The summed E-state index contributed by atoms with van der Waals surface area (Å²) in [6, 6.07) is 92.0. The van der Waals surface area contributed by atoms with E-state index in [2.05, 4.69) is 263 Å². The van der Waals surface area contributed by atoms with Gasteiger partial charge in [-0.2, -0.15) is 0 Å². The maximum absolute atomic E-state index is 7.12. The Balaban J connectivity index is 1.04. The minimum atomic E-state index is 0.691. The van der Waals surface area contributed by atoms with E-state index in [4.69, 9.17) is 9.72 Å². The van der Waals surface area contributed by atoms with Gasteiger partial charge in [0.2, 0.25) is 0 Å². The van der Waals surface area contributed by atoms with Crippen molar-refractivity contribution in [3.63, 3.8) is 0 Å². The van der Waals surface area contributed by atoms with Crippen LogP contribution in [0.25, 0.3) is 106 Å². The Bertz CT molecular complexity index is 3940. The van der Waals surface area contributed by atoms with Gasteiger partial charge in [0.15, 0.2) is 0 Å². The van der Waals surface area contributed by atoms with Crippen LogP contribution in [0.2, 0.25) is 0 Å². The van der Waals surface area contributed by atoms with Gasteiger partial charge in [-0.15, -0.1) is 0 Å². The average molecular weight is 909 g/mol. The summed E-state index contributed by atoms with van der Waals surface area (Å²) in [4.78, 5) is 4.79. The molecule has 5 heteroatoms. The number of pyridine rings is 1. The van der Waals surface area contributed by atoms with Gasteiger partial charge in [-0.3, -0.25) is 13.7 Å². The number of nitrogens with zero attached hydrogens (tertiary/aromatic N) is 4. The van der Waals surface area contributed by atoms with Crippen LogP contribution in [-0.4, -0.2) is 14.1 Å². The van der Waals surface area contributed by atoms with Crippen molar-refractivity contribution in [2.75, 3.05) is 0 Å². The number of hydrogen-bond acceptors (Lipinski definition) is 2. The number of aromatic nitrogens is 4. The maximum atomic E-state index is 7.12. The molecule has 0 aliphatic carbocycles. The summed E-state index contributed by atoms with van der Waals surface area (Å²) in [5, 5.41) is 2.28. The van der Waals surface area contributed by atoms with E-state index in [-0.39, 0.29) is 0 Å². The maximum Gasteiger partial charge on any atom is 0.269 e. The van der Waals surface area contributed by atoms with Gasteiger partial charge in [0, 0.05) is 23.0 Å². The van der Waals surface area contributed by atoms with Crippen LogP contribution in [0.5, 0.6) is 11.5 Å². The van der Waals surface area contributed by atoms with Crippen molar-refractivity contribution in [3.8, 4) is 84.3 Å². The van der Waals surface area contributed by atoms with Crippen molar-refractivity contribution in [1.82, 2.24) is 14.1 Å². The van der Waals surface area contributed by atoms with Gasteiger partial charge in [-0.1, -0.05) is 188 Å². The molecule has 0 N–H and O–H groups in total. The number of imidazole rings is 1. The SMILES string of the molecule is [c-]1n(-c2cc(Oc3ccc4c5ccccc5n(-c5ccccn5)c4c3)cc(-c3cc(-c4ccccc4)cc(-c4ccccc4)c3)c2)c2ccccc2[n+]1-c1c(-c2ccccc2)cccc1-c1ccccc1. The van der Waals surface area contributed by atoms with E-state index >= 15 is 0 Å². The number of benzene rings is 10. The fourth-order valence-electron chi connectivity index (χ4n) is 10.1. The third kappa shape index (κ3) is 7.72. The minimum Gasteiger partial charge on any atom is -0.458 e. The van der Waals surface area contributed by atoms with Gasteiger partial charge < -0.3 is 4.74 Å². The fourth-order valence-corrected chi connectivity index (χ4v) is 10.1. The van der Waals surface area contributed by atoms with E-state index in [0.29, 0.717) is 11.5 Å². The van der Waals surface area contributed by atoms with Gasteiger partial charge >= 0.3 is 0 Å². The summed E-state index contributed by atoms with van der Waals surface area (Å²) >= 11 is 0.